The molecule has 0 atom stereocenters. The van der Waals surface area contributed by atoms with Crippen molar-refractivity contribution in [1.82, 2.24) is 0 Å². The molecule has 0 N–H and O–H groups in total. The molecule has 0 fully saturated rings. The van der Waals surface area contributed by atoms with Crippen LogP contribution in [0.4, 0.5) is 0 Å². The van der Waals surface area contributed by atoms with Crippen LogP contribution in [0.15, 0.2) is 24.3 Å². The van der Waals surface area contributed by atoms with Crippen molar-refractivity contribution in [3.8, 4) is 0 Å². The van der Waals surface area contributed by atoms with Crippen LogP contribution in [0.25, 0.3) is 0 Å². The molecule has 1 rings (SSSR count). The van der Waals surface area contributed by atoms with Gasteiger partial charge in [0.2, 0.25) is 0 Å². The third kappa shape index (κ3) is 4.55. The van der Waals surface area contributed by atoms with Crippen LogP contribution in [0.5, 0.6) is 0 Å². The molecule has 0 amide bonds. The summed E-state index contributed by atoms with van der Waals surface area (Å²) in [6.07, 6.45) is 0. The Morgan fingerprint density at radius 2 is 2.20 bits per heavy atom. The monoisotopic (exact) mass is 228 g/mol. The fourth-order valence-corrected chi connectivity index (χ4v) is 0.680. The van der Waals surface area contributed by atoms with E-state index in [2.05, 4.69) is 6.07 Å². The first-order valence-electron chi connectivity index (χ1n) is 2.44. The molecule has 1 aromatic rings. The van der Waals surface area contributed by atoms with Gasteiger partial charge in [-0.3, -0.25) is 0 Å². The topological polar surface area (TPSA) is 0 Å². The van der Waals surface area contributed by atoms with Crippen LogP contribution in [0, 0.1) is 6.07 Å². The summed E-state index contributed by atoms with van der Waals surface area (Å²) in [5.74, 6) is 0.581. The molecule has 0 spiro atoms. The van der Waals surface area contributed by atoms with Gasteiger partial charge in [0.15, 0.2) is 0 Å². The van der Waals surface area contributed by atoms with Crippen LogP contribution in [0.2, 0.25) is 0 Å². The van der Waals surface area contributed by atoms with Gasteiger partial charge in [-0.25, -0.2) is 0 Å². The number of halogens is 2. The zero-order chi connectivity index (χ0) is 5.82. The van der Waals surface area contributed by atoms with Gasteiger partial charge < -0.3 is 17.0 Å². The molecule has 0 aliphatic rings. The minimum Gasteiger partial charge on any atom is -1.00 e. The summed E-state index contributed by atoms with van der Waals surface area (Å²) in [7, 11) is 0. The molecule has 0 aliphatic carbocycles. The first kappa shape index (κ1) is 13.4. The first-order valence-corrected chi connectivity index (χ1v) is 2.98. The number of hydrogen-bond acceptors (Lipinski definition) is 0. The van der Waals surface area contributed by atoms with Gasteiger partial charge in [0.1, 0.15) is 0 Å². The summed E-state index contributed by atoms with van der Waals surface area (Å²) >= 11 is 5.51. The Balaban J connectivity index is 0. The van der Waals surface area contributed by atoms with Crippen LogP contribution in [0.3, 0.4) is 0 Å². The third-order valence-corrected chi connectivity index (χ3v) is 1.23. The van der Waals surface area contributed by atoms with Crippen molar-refractivity contribution in [3.63, 3.8) is 0 Å². The van der Waals surface area contributed by atoms with Crippen molar-refractivity contribution >= 4 is 34.7 Å². The molecular weight excluding hydrogens is 224 g/mol. The molecule has 10 heavy (non-hydrogen) atoms. The maximum Gasteiger partial charge on any atom is 2.00 e. The van der Waals surface area contributed by atoms with Gasteiger partial charge in [-0.15, -0.1) is 17.2 Å². The normalized spacial score (nSPS) is 7.30. The maximum atomic E-state index is 5.51. The van der Waals surface area contributed by atoms with Crippen molar-refractivity contribution in [2.24, 2.45) is 0 Å². The van der Waals surface area contributed by atoms with E-state index >= 15 is 0 Å². The fourth-order valence-electron chi connectivity index (χ4n) is 0.514. The van der Waals surface area contributed by atoms with Crippen LogP contribution in [-0.4, -0.2) is 23.1 Å². The summed E-state index contributed by atoms with van der Waals surface area (Å²) in [6, 6.07) is 10.6. The quantitative estimate of drug-likeness (QED) is 0.324. The Bertz CT molecular complexity index is 155. The van der Waals surface area contributed by atoms with Crippen molar-refractivity contribution < 1.29 is 17.0 Å². The molecule has 0 radical (unpaired) electrons. The molecule has 3 heteroatoms. The predicted octanol–water partition coefficient (Wildman–Crippen LogP) is -1.15. The third-order valence-electron chi connectivity index (χ3n) is 0.926. The molecule has 0 nitrogen and oxygen atoms in total. The van der Waals surface area contributed by atoms with E-state index in [0.29, 0.717) is 5.88 Å². The van der Waals surface area contributed by atoms with E-state index in [0.717, 1.165) is 5.56 Å². The number of rotatable bonds is 1. The zero-order valence-corrected chi connectivity index (χ0v) is 9.24. The van der Waals surface area contributed by atoms with Crippen LogP contribution in [-0.2, 0) is 5.88 Å². The van der Waals surface area contributed by atoms with Crippen LogP contribution >= 0.6 is 11.6 Å². The van der Waals surface area contributed by atoms with Gasteiger partial charge in [0.05, 0.1) is 0 Å². The number of hydrogen-bond donors (Lipinski definition) is 0. The molecule has 1 aromatic carbocycles. The predicted molar refractivity (Wildman–Crippen MR) is 40.6 cm³/mol. The van der Waals surface area contributed by atoms with Gasteiger partial charge >= 0.3 is 23.1 Å². The summed E-state index contributed by atoms with van der Waals surface area (Å²) in [5, 5.41) is 0. The Morgan fingerprint density at radius 3 is 2.50 bits per heavy atom. The van der Waals surface area contributed by atoms with E-state index < -0.39 is 0 Å². The smallest absolute Gasteiger partial charge is 1.00 e. The van der Waals surface area contributed by atoms with Crippen LogP contribution < -0.4 is 17.0 Å². The summed E-state index contributed by atoms with van der Waals surface area (Å²) < 4.78 is 0. The van der Waals surface area contributed by atoms with E-state index in [1.165, 1.54) is 0 Å². The van der Waals surface area contributed by atoms with E-state index in [-0.39, 0.29) is 40.0 Å². The largest absolute Gasteiger partial charge is 2.00 e. The van der Waals surface area contributed by atoms with E-state index in [1.807, 2.05) is 24.3 Å². The van der Waals surface area contributed by atoms with Crippen molar-refractivity contribution in [3.05, 3.63) is 35.9 Å². The van der Waals surface area contributed by atoms with Crippen molar-refractivity contribution in [2.75, 3.05) is 0 Å². The summed E-state index contributed by atoms with van der Waals surface area (Å²) in [5.41, 5.74) is 1.12. The Labute approximate surface area is 92.9 Å². The molecule has 0 bridgehead atoms. The molecule has 0 heterocycles. The van der Waals surface area contributed by atoms with Crippen molar-refractivity contribution in [1.29, 1.82) is 0 Å². The van der Waals surface area contributed by atoms with Gasteiger partial charge in [0.25, 0.3) is 0 Å². The Morgan fingerprint density at radius 1 is 1.50 bits per heavy atom. The fraction of sp³-hybridized carbons (Fsp3) is 0.143. The molecular formula is C7H6BrClMg. The summed E-state index contributed by atoms with van der Waals surface area (Å²) in [6.45, 7) is 0. The van der Waals surface area contributed by atoms with Gasteiger partial charge in [0, 0.05) is 5.88 Å². The average Bonchev–Trinajstić information content (AvgIpc) is 1.90. The summed E-state index contributed by atoms with van der Waals surface area (Å²) in [4.78, 5) is 0. The first-order chi connectivity index (χ1) is 3.93. The molecule has 0 aromatic heterocycles. The second-order valence-corrected chi connectivity index (χ2v) is 1.81. The minimum absolute atomic E-state index is 0. The minimum atomic E-state index is 0. The van der Waals surface area contributed by atoms with Crippen LogP contribution in [0.1, 0.15) is 5.56 Å². The maximum absolute atomic E-state index is 5.51. The standard InChI is InChI=1S/C7H6Cl.BrH.Mg/c8-6-7-4-2-1-3-5-7;;/h1-2,4-5H,6H2;1H;/q-1;;+2/p-1. The van der Waals surface area contributed by atoms with E-state index in [4.69, 9.17) is 11.6 Å². The second kappa shape index (κ2) is 7.86. The molecule has 0 aliphatic heterocycles. The zero-order valence-electron chi connectivity index (χ0n) is 5.48. The molecule has 0 saturated carbocycles. The molecule has 0 unspecified atom stereocenters. The van der Waals surface area contributed by atoms with E-state index in [9.17, 15) is 0 Å². The second-order valence-electron chi connectivity index (χ2n) is 1.55. The van der Waals surface area contributed by atoms with Gasteiger partial charge in [-0.05, 0) is 0 Å². The van der Waals surface area contributed by atoms with Crippen molar-refractivity contribution in [2.45, 2.75) is 5.88 Å². The molecule has 50 valence electrons. The number of alkyl halides is 1. The van der Waals surface area contributed by atoms with E-state index in [1.54, 1.807) is 0 Å². The van der Waals surface area contributed by atoms with Gasteiger partial charge in [-0.2, -0.15) is 30.3 Å². The molecule has 0 saturated heterocycles. The van der Waals surface area contributed by atoms with Gasteiger partial charge in [-0.1, -0.05) is 0 Å². The average molecular weight is 230 g/mol. The number of benzene rings is 1. The Kier molecular flexibility index (Phi) is 10.5. The SMILES string of the molecule is ClCc1c[c-]ccc1.[Br-].[Mg+2]. The Hall–Kier alpha value is 0.756.